The van der Waals surface area contributed by atoms with Gasteiger partial charge in [0.15, 0.2) is 16.0 Å². The molecule has 10 heteroatoms. The minimum atomic E-state index is -4.20. The van der Waals surface area contributed by atoms with Crippen LogP contribution in [0.25, 0.3) is 0 Å². The second kappa shape index (κ2) is 7.28. The van der Waals surface area contributed by atoms with Crippen LogP contribution in [0.3, 0.4) is 0 Å². The first-order valence-corrected chi connectivity index (χ1v) is 11.2. The van der Waals surface area contributed by atoms with E-state index in [9.17, 15) is 40.7 Å². The van der Waals surface area contributed by atoms with Crippen molar-refractivity contribution in [1.82, 2.24) is 0 Å². The predicted octanol–water partition coefficient (Wildman–Crippen LogP) is 4.05. The molecule has 0 aliphatic heterocycles. The van der Waals surface area contributed by atoms with Crippen LogP contribution < -0.4 is 0 Å². The number of rotatable bonds is 2. The van der Waals surface area contributed by atoms with Gasteiger partial charge in [-0.05, 0) is 46.9 Å². The SMILES string of the molecule is CS(=O)(=O)c1c(F)cc([C@H]2C[C@H](F)[C@H](F)c3cc(F)cc(C#N)c32)c2c1[C@H](O)[C@H](F)C2. The Hall–Kier alpha value is -2.51. The minimum Gasteiger partial charge on any atom is -0.385 e. The maximum Gasteiger partial charge on any atom is 0.178 e. The van der Waals surface area contributed by atoms with Crippen LogP contribution in [0.1, 0.15) is 58.0 Å². The first kappa shape index (κ1) is 21.7. The molecule has 0 aromatic heterocycles. The third-order valence-electron chi connectivity index (χ3n) is 5.92. The average molecular weight is 457 g/mol. The summed E-state index contributed by atoms with van der Waals surface area (Å²) in [6.07, 6.45) is -8.51. The number of nitrogens with zero attached hydrogens (tertiary/aromatic N) is 1. The summed E-state index contributed by atoms with van der Waals surface area (Å²) in [6, 6.07) is 4.12. The van der Waals surface area contributed by atoms with Crippen molar-refractivity contribution in [1.29, 1.82) is 5.26 Å². The van der Waals surface area contributed by atoms with Gasteiger partial charge in [-0.25, -0.2) is 30.4 Å². The van der Waals surface area contributed by atoms with Crippen molar-refractivity contribution < 1.29 is 35.5 Å². The van der Waals surface area contributed by atoms with E-state index in [1.54, 1.807) is 6.07 Å². The van der Waals surface area contributed by atoms with Crippen molar-refractivity contribution in [3.05, 3.63) is 63.2 Å². The van der Waals surface area contributed by atoms with Gasteiger partial charge >= 0.3 is 0 Å². The molecule has 0 saturated carbocycles. The van der Waals surface area contributed by atoms with Crippen molar-refractivity contribution in [2.75, 3.05) is 6.26 Å². The van der Waals surface area contributed by atoms with E-state index in [1.807, 2.05) is 0 Å². The predicted molar refractivity (Wildman–Crippen MR) is 99.4 cm³/mol. The van der Waals surface area contributed by atoms with Crippen molar-refractivity contribution in [3.63, 3.8) is 0 Å². The van der Waals surface area contributed by atoms with E-state index in [0.717, 1.165) is 18.2 Å². The van der Waals surface area contributed by atoms with Crippen LogP contribution in [-0.2, 0) is 16.3 Å². The van der Waals surface area contributed by atoms with E-state index in [2.05, 4.69) is 0 Å². The molecule has 1 N–H and O–H groups in total. The van der Waals surface area contributed by atoms with E-state index in [1.165, 1.54) is 0 Å². The van der Waals surface area contributed by atoms with Crippen molar-refractivity contribution in [2.24, 2.45) is 0 Å². The zero-order valence-corrected chi connectivity index (χ0v) is 16.9. The first-order valence-electron chi connectivity index (χ1n) is 9.34. The van der Waals surface area contributed by atoms with Gasteiger partial charge in [-0.2, -0.15) is 5.26 Å². The molecule has 2 aromatic carbocycles. The third kappa shape index (κ3) is 3.31. The molecular formula is C21H16F5NO3S. The van der Waals surface area contributed by atoms with Gasteiger partial charge in [-0.1, -0.05) is 0 Å². The van der Waals surface area contributed by atoms with Crippen LogP contribution in [0.4, 0.5) is 22.0 Å². The molecule has 0 heterocycles. The summed E-state index contributed by atoms with van der Waals surface area (Å²) in [6.45, 7) is 0. The van der Waals surface area contributed by atoms with E-state index in [0.29, 0.717) is 6.26 Å². The number of aliphatic hydroxyl groups is 1. The maximum atomic E-state index is 14.9. The molecule has 2 aromatic rings. The minimum absolute atomic E-state index is 0.0319. The molecule has 4 rings (SSSR count). The summed E-state index contributed by atoms with van der Waals surface area (Å²) in [5, 5.41) is 19.7. The fourth-order valence-corrected chi connectivity index (χ4v) is 5.77. The number of hydrogen-bond acceptors (Lipinski definition) is 4. The summed E-state index contributed by atoms with van der Waals surface area (Å²) in [7, 11) is -4.20. The highest BCUT2D eigenvalue weighted by Crippen LogP contribution is 2.50. The number of sulfone groups is 1. The van der Waals surface area contributed by atoms with Crippen molar-refractivity contribution >= 4 is 9.84 Å². The van der Waals surface area contributed by atoms with Crippen molar-refractivity contribution in [2.45, 2.75) is 48.3 Å². The molecule has 0 bridgehead atoms. The Labute approximate surface area is 174 Å². The third-order valence-corrected chi connectivity index (χ3v) is 7.08. The van der Waals surface area contributed by atoms with Gasteiger partial charge in [0.25, 0.3) is 0 Å². The van der Waals surface area contributed by atoms with Gasteiger partial charge in [0.2, 0.25) is 0 Å². The number of alkyl halides is 3. The Bertz CT molecular complexity index is 1240. The summed E-state index contributed by atoms with van der Waals surface area (Å²) in [4.78, 5) is -0.852. The lowest BCUT2D eigenvalue weighted by Gasteiger charge is -2.33. The highest BCUT2D eigenvalue weighted by molar-refractivity contribution is 7.90. The lowest BCUT2D eigenvalue weighted by molar-refractivity contribution is 0.0903. The topological polar surface area (TPSA) is 78.2 Å². The number of halogens is 5. The first-order chi connectivity index (χ1) is 14.5. The summed E-state index contributed by atoms with van der Waals surface area (Å²) in [5.41, 5.74) is -1.29. The highest BCUT2D eigenvalue weighted by Gasteiger charge is 2.44. The van der Waals surface area contributed by atoms with Crippen molar-refractivity contribution in [3.8, 4) is 6.07 Å². The number of benzene rings is 2. The van der Waals surface area contributed by atoms with Crippen LogP contribution in [0.15, 0.2) is 23.1 Å². The zero-order chi connectivity index (χ0) is 22.8. The summed E-state index contributed by atoms with van der Waals surface area (Å²) < 4.78 is 96.5. The smallest absolute Gasteiger partial charge is 0.178 e. The van der Waals surface area contributed by atoms with Crippen LogP contribution in [0.2, 0.25) is 0 Å². The van der Waals surface area contributed by atoms with Crippen LogP contribution >= 0.6 is 0 Å². The molecule has 2 aliphatic carbocycles. The number of fused-ring (bicyclic) bond motifs is 2. The molecular weight excluding hydrogens is 441 g/mol. The molecule has 0 spiro atoms. The highest BCUT2D eigenvalue weighted by atomic mass is 32.2. The van der Waals surface area contributed by atoms with Gasteiger partial charge in [-0.3, -0.25) is 0 Å². The van der Waals surface area contributed by atoms with Gasteiger partial charge in [0.1, 0.15) is 35.0 Å². The largest absolute Gasteiger partial charge is 0.385 e. The van der Waals surface area contributed by atoms with Crippen LogP contribution in [0, 0.1) is 23.0 Å². The van der Waals surface area contributed by atoms with Gasteiger partial charge in [-0.15, -0.1) is 0 Å². The van der Waals surface area contributed by atoms with E-state index in [4.69, 9.17) is 0 Å². The van der Waals surface area contributed by atoms with Gasteiger partial charge in [0.05, 0.1) is 11.6 Å². The molecule has 0 saturated heterocycles. The molecule has 0 unspecified atom stereocenters. The standard InChI is InChI=1S/C21H16F5NO3S/c1-31(29,30)21-16(25)4-10(12-6-15(24)20(28)18(12)21)11-5-14(23)19(26)13-3-9(22)2-8(7-27)17(11)13/h2-4,11,14-15,19-20,28H,5-6H2,1H3/t11-,14+,15-,19-,20-/m1/s1. The summed E-state index contributed by atoms with van der Waals surface area (Å²) in [5.74, 6) is -3.39. The Balaban J connectivity index is 2.05. The average Bonchev–Trinajstić information content (AvgIpc) is 2.97. The van der Waals surface area contributed by atoms with E-state index < -0.39 is 80.9 Å². The second-order valence-corrected chi connectivity index (χ2v) is 9.83. The Morgan fingerprint density at radius 2 is 1.74 bits per heavy atom. The molecule has 31 heavy (non-hydrogen) atoms. The van der Waals surface area contributed by atoms with Crippen LogP contribution in [0.5, 0.6) is 0 Å². The number of aliphatic hydroxyl groups excluding tert-OH is 1. The molecule has 2 aliphatic rings. The molecule has 0 amide bonds. The van der Waals surface area contributed by atoms with E-state index >= 15 is 0 Å². The second-order valence-electron chi connectivity index (χ2n) is 7.88. The normalized spacial score (nSPS) is 27.5. The fourth-order valence-electron chi connectivity index (χ4n) is 4.71. The Kier molecular flexibility index (Phi) is 5.10. The van der Waals surface area contributed by atoms with Gasteiger partial charge in [0, 0.05) is 24.2 Å². The molecule has 164 valence electrons. The lowest BCUT2D eigenvalue weighted by Crippen LogP contribution is -2.26. The number of hydrogen-bond donors (Lipinski definition) is 1. The number of nitriles is 1. The Morgan fingerprint density at radius 3 is 2.35 bits per heavy atom. The van der Waals surface area contributed by atoms with Crippen LogP contribution in [-0.4, -0.2) is 32.1 Å². The van der Waals surface area contributed by atoms with E-state index in [-0.39, 0.29) is 22.3 Å². The monoisotopic (exact) mass is 457 g/mol. The van der Waals surface area contributed by atoms with Gasteiger partial charge < -0.3 is 5.11 Å². The Morgan fingerprint density at radius 1 is 1.06 bits per heavy atom. The molecule has 4 nitrogen and oxygen atoms in total. The quantitative estimate of drug-likeness (QED) is 0.691. The lowest BCUT2D eigenvalue weighted by atomic mass is 9.73. The molecule has 0 radical (unpaired) electrons. The maximum absolute atomic E-state index is 14.9. The molecule has 5 atom stereocenters. The molecule has 0 fully saturated rings. The fraction of sp³-hybridized carbons (Fsp3) is 0.381. The zero-order valence-electron chi connectivity index (χ0n) is 16.0. The summed E-state index contributed by atoms with van der Waals surface area (Å²) >= 11 is 0.